The van der Waals surface area contributed by atoms with E-state index in [1.54, 1.807) is 18.9 Å². The fraction of sp³-hybridized carbons (Fsp3) is 0.333. The second-order valence-corrected chi connectivity index (χ2v) is 6.40. The molecule has 0 aliphatic heterocycles. The minimum Gasteiger partial charge on any atom is -0.357 e. The van der Waals surface area contributed by atoms with Gasteiger partial charge in [0, 0.05) is 13.6 Å². The second-order valence-electron chi connectivity index (χ2n) is 6.40. The third kappa shape index (κ3) is 4.92. The van der Waals surface area contributed by atoms with Crippen molar-refractivity contribution >= 4 is 11.8 Å². The van der Waals surface area contributed by atoms with Crippen LogP contribution in [0.1, 0.15) is 29.2 Å². The molecule has 0 aromatic heterocycles. The van der Waals surface area contributed by atoms with Gasteiger partial charge in [-0.1, -0.05) is 54.1 Å². The zero-order chi connectivity index (χ0) is 18.4. The largest absolute Gasteiger partial charge is 0.357 e. The zero-order valence-corrected chi connectivity index (χ0v) is 15.4. The Kier molecular flexibility index (Phi) is 6.34. The number of nitrogens with zero attached hydrogens (tertiary/aromatic N) is 1. The first-order valence-electron chi connectivity index (χ1n) is 8.53. The Hall–Kier alpha value is -2.62. The molecule has 132 valence electrons. The van der Waals surface area contributed by atoms with E-state index >= 15 is 0 Å². The van der Waals surface area contributed by atoms with E-state index in [2.05, 4.69) is 5.32 Å². The zero-order valence-electron chi connectivity index (χ0n) is 15.4. The van der Waals surface area contributed by atoms with Gasteiger partial charge in [-0.15, -0.1) is 0 Å². The molecule has 0 aliphatic rings. The van der Waals surface area contributed by atoms with Crippen LogP contribution in [0.3, 0.4) is 0 Å². The number of aryl methyl sites for hydroxylation is 2. The van der Waals surface area contributed by atoms with Gasteiger partial charge in [0.2, 0.25) is 11.8 Å². The van der Waals surface area contributed by atoms with Gasteiger partial charge in [0.15, 0.2) is 0 Å². The van der Waals surface area contributed by atoms with E-state index in [1.165, 1.54) is 0 Å². The summed E-state index contributed by atoms with van der Waals surface area (Å²) in [5.41, 5.74) is 4.23. The lowest BCUT2D eigenvalue weighted by Crippen LogP contribution is -2.47. The first kappa shape index (κ1) is 18.7. The normalized spacial score (nSPS) is 11.7. The maximum Gasteiger partial charge on any atom is 0.242 e. The predicted octanol–water partition coefficient (Wildman–Crippen LogP) is 3.01. The van der Waals surface area contributed by atoms with Crippen molar-refractivity contribution in [2.45, 2.75) is 39.8 Å². The monoisotopic (exact) mass is 338 g/mol. The van der Waals surface area contributed by atoms with Gasteiger partial charge in [-0.3, -0.25) is 9.59 Å². The molecular weight excluding hydrogens is 312 g/mol. The molecule has 1 N–H and O–H groups in total. The molecule has 4 nitrogen and oxygen atoms in total. The standard InChI is InChI=1S/C21H26N2O2/c1-15-8-7-10-18(12-15)14-23(17(3)21(25)22-4)20(24)13-19-11-6-5-9-16(19)2/h5-12,17H,13-14H2,1-4H3,(H,22,25). The smallest absolute Gasteiger partial charge is 0.242 e. The van der Waals surface area contributed by atoms with E-state index in [0.29, 0.717) is 13.0 Å². The highest BCUT2D eigenvalue weighted by molar-refractivity contribution is 5.88. The molecule has 0 heterocycles. The van der Waals surface area contributed by atoms with Crippen LogP contribution in [-0.2, 0) is 22.6 Å². The van der Waals surface area contributed by atoms with Crippen LogP contribution in [0.2, 0.25) is 0 Å². The van der Waals surface area contributed by atoms with Crippen LogP contribution in [0, 0.1) is 13.8 Å². The summed E-state index contributed by atoms with van der Waals surface area (Å²) in [6, 6.07) is 15.3. The van der Waals surface area contributed by atoms with Gasteiger partial charge < -0.3 is 10.2 Å². The average molecular weight is 338 g/mol. The number of hydrogen-bond acceptors (Lipinski definition) is 2. The van der Waals surface area contributed by atoms with Crippen LogP contribution in [-0.4, -0.2) is 29.8 Å². The Labute approximate surface area is 149 Å². The summed E-state index contributed by atoms with van der Waals surface area (Å²) in [5, 5.41) is 2.64. The summed E-state index contributed by atoms with van der Waals surface area (Å²) in [6.45, 7) is 6.20. The molecule has 0 saturated heterocycles. The van der Waals surface area contributed by atoms with Crippen molar-refractivity contribution in [1.29, 1.82) is 0 Å². The summed E-state index contributed by atoms with van der Waals surface area (Å²) in [7, 11) is 1.59. The Morgan fingerprint density at radius 2 is 1.80 bits per heavy atom. The van der Waals surface area contributed by atoms with Gasteiger partial charge in [0.05, 0.1) is 6.42 Å². The van der Waals surface area contributed by atoms with Crippen molar-refractivity contribution < 1.29 is 9.59 Å². The first-order valence-corrected chi connectivity index (χ1v) is 8.53. The molecule has 25 heavy (non-hydrogen) atoms. The van der Waals surface area contributed by atoms with Crippen LogP contribution in [0.25, 0.3) is 0 Å². The molecule has 0 spiro atoms. The fourth-order valence-corrected chi connectivity index (χ4v) is 2.87. The quantitative estimate of drug-likeness (QED) is 0.880. The molecule has 4 heteroatoms. The molecule has 2 amide bonds. The number of benzene rings is 2. The predicted molar refractivity (Wildman–Crippen MR) is 100 cm³/mol. The number of rotatable bonds is 6. The van der Waals surface area contributed by atoms with Gasteiger partial charge >= 0.3 is 0 Å². The van der Waals surface area contributed by atoms with Crippen molar-refractivity contribution in [3.8, 4) is 0 Å². The highest BCUT2D eigenvalue weighted by atomic mass is 16.2. The van der Waals surface area contributed by atoms with Crippen molar-refractivity contribution in [2.24, 2.45) is 0 Å². The molecule has 0 bridgehead atoms. The van der Waals surface area contributed by atoms with Crippen LogP contribution in [0.15, 0.2) is 48.5 Å². The maximum atomic E-state index is 13.0. The maximum absolute atomic E-state index is 13.0. The lowest BCUT2D eigenvalue weighted by atomic mass is 10.0. The molecule has 1 atom stereocenters. The summed E-state index contributed by atoms with van der Waals surface area (Å²) >= 11 is 0. The van der Waals surface area contributed by atoms with Crippen LogP contribution < -0.4 is 5.32 Å². The number of nitrogens with one attached hydrogen (secondary N) is 1. The average Bonchev–Trinajstić information content (AvgIpc) is 2.60. The van der Waals surface area contributed by atoms with E-state index in [4.69, 9.17) is 0 Å². The van der Waals surface area contributed by atoms with Crippen molar-refractivity contribution in [3.63, 3.8) is 0 Å². The Morgan fingerprint density at radius 3 is 2.44 bits per heavy atom. The molecule has 2 aromatic rings. The molecule has 2 rings (SSSR count). The van der Waals surface area contributed by atoms with Crippen LogP contribution in [0.5, 0.6) is 0 Å². The van der Waals surface area contributed by atoms with E-state index in [0.717, 1.165) is 22.3 Å². The van der Waals surface area contributed by atoms with E-state index in [9.17, 15) is 9.59 Å². The molecular formula is C21H26N2O2. The summed E-state index contributed by atoms with van der Waals surface area (Å²) in [6.07, 6.45) is 0.291. The Bertz CT molecular complexity index is 755. The van der Waals surface area contributed by atoms with E-state index in [-0.39, 0.29) is 11.8 Å². The molecule has 0 aliphatic carbocycles. The molecule has 1 unspecified atom stereocenters. The van der Waals surface area contributed by atoms with Crippen molar-refractivity contribution in [2.75, 3.05) is 7.05 Å². The summed E-state index contributed by atoms with van der Waals surface area (Å²) in [4.78, 5) is 26.7. The minimum atomic E-state index is -0.526. The van der Waals surface area contributed by atoms with Gasteiger partial charge in [-0.2, -0.15) is 0 Å². The highest BCUT2D eigenvalue weighted by Gasteiger charge is 2.25. The molecule has 0 radical (unpaired) electrons. The van der Waals surface area contributed by atoms with Gasteiger partial charge in [0.1, 0.15) is 6.04 Å². The van der Waals surface area contributed by atoms with Gasteiger partial charge in [0.25, 0.3) is 0 Å². The van der Waals surface area contributed by atoms with Gasteiger partial charge in [-0.25, -0.2) is 0 Å². The number of hydrogen-bond donors (Lipinski definition) is 1. The van der Waals surface area contributed by atoms with Crippen LogP contribution in [0.4, 0.5) is 0 Å². The molecule has 0 saturated carbocycles. The topological polar surface area (TPSA) is 49.4 Å². The third-order valence-electron chi connectivity index (χ3n) is 4.45. The lowest BCUT2D eigenvalue weighted by molar-refractivity contribution is -0.139. The Balaban J connectivity index is 2.25. The van der Waals surface area contributed by atoms with Gasteiger partial charge in [-0.05, 0) is 37.5 Å². The molecule has 0 fully saturated rings. The van der Waals surface area contributed by atoms with Crippen LogP contribution >= 0.6 is 0 Å². The number of carbonyl (C=O) groups is 2. The second kappa shape index (κ2) is 8.47. The first-order chi connectivity index (χ1) is 11.9. The fourth-order valence-electron chi connectivity index (χ4n) is 2.87. The number of amides is 2. The minimum absolute atomic E-state index is 0.0492. The Morgan fingerprint density at radius 1 is 1.08 bits per heavy atom. The highest BCUT2D eigenvalue weighted by Crippen LogP contribution is 2.15. The number of likely N-dealkylation sites (N-methyl/N-ethyl adjacent to an activating group) is 1. The molecule has 2 aromatic carbocycles. The van der Waals surface area contributed by atoms with Crippen molar-refractivity contribution in [3.05, 3.63) is 70.8 Å². The SMILES string of the molecule is CNC(=O)C(C)N(Cc1cccc(C)c1)C(=O)Cc1ccccc1C. The summed E-state index contributed by atoms with van der Waals surface area (Å²) < 4.78 is 0. The van der Waals surface area contributed by atoms with E-state index < -0.39 is 6.04 Å². The third-order valence-corrected chi connectivity index (χ3v) is 4.45. The summed E-state index contributed by atoms with van der Waals surface area (Å²) in [5.74, 6) is -0.210. The number of carbonyl (C=O) groups excluding carboxylic acids is 2. The van der Waals surface area contributed by atoms with E-state index in [1.807, 2.05) is 62.4 Å². The lowest BCUT2D eigenvalue weighted by Gasteiger charge is -2.28. The van der Waals surface area contributed by atoms with Crippen molar-refractivity contribution in [1.82, 2.24) is 10.2 Å².